The minimum Gasteiger partial charge on any atom is -0.390 e. The first kappa shape index (κ1) is 21.2. The monoisotopic (exact) mass is 423 g/mol. The molecule has 1 heterocycles. The Balaban J connectivity index is 1.34. The highest BCUT2D eigenvalue weighted by atomic mass is 16.3. The van der Waals surface area contributed by atoms with Gasteiger partial charge < -0.3 is 5.11 Å². The van der Waals surface area contributed by atoms with Crippen LogP contribution in [0.4, 0.5) is 0 Å². The van der Waals surface area contributed by atoms with E-state index in [9.17, 15) is 9.90 Å². The quantitative estimate of drug-likeness (QED) is 0.771. The summed E-state index contributed by atoms with van der Waals surface area (Å²) in [6.07, 6.45) is 10.8. The highest BCUT2D eigenvalue weighted by Gasteiger charge is 2.60. The van der Waals surface area contributed by atoms with Crippen LogP contribution in [-0.4, -0.2) is 26.3 Å². The van der Waals surface area contributed by atoms with E-state index in [1.165, 1.54) is 25.7 Å². The van der Waals surface area contributed by atoms with Gasteiger partial charge >= 0.3 is 0 Å². The summed E-state index contributed by atoms with van der Waals surface area (Å²) in [5.74, 6) is 4.62. The molecule has 4 fully saturated rings. The minimum atomic E-state index is -0.465. The van der Waals surface area contributed by atoms with Gasteiger partial charge in [-0.2, -0.15) is 10.4 Å². The fourth-order valence-corrected chi connectivity index (χ4v) is 8.90. The number of hydrogen-bond donors (Lipinski definition) is 1. The summed E-state index contributed by atoms with van der Waals surface area (Å²) in [5.41, 5.74) is 0.00349. The van der Waals surface area contributed by atoms with Gasteiger partial charge in [-0.05, 0) is 105 Å². The van der Waals surface area contributed by atoms with Gasteiger partial charge in [0.1, 0.15) is 6.07 Å². The van der Waals surface area contributed by atoms with Crippen molar-refractivity contribution in [3.8, 4) is 6.07 Å². The van der Waals surface area contributed by atoms with Crippen molar-refractivity contribution < 1.29 is 9.90 Å². The van der Waals surface area contributed by atoms with Crippen molar-refractivity contribution in [1.82, 2.24) is 9.78 Å². The maximum absolute atomic E-state index is 13.4. The lowest BCUT2D eigenvalue weighted by Crippen LogP contribution is -2.51. The molecule has 5 nitrogen and oxygen atoms in total. The van der Waals surface area contributed by atoms with E-state index in [1.54, 1.807) is 16.9 Å². The number of carbonyl (C=O) groups is 1. The SMILES string of the molecule is C[C@@H]1C[C@H](C(=O)Cn2ccc(C#N)n2)[C@@]2(C)CC[C@H]3[C@@H](CCC4C[C@](C)(O)CC[C@@H]43)[C@H]12. The maximum Gasteiger partial charge on any atom is 0.162 e. The van der Waals surface area contributed by atoms with Crippen LogP contribution in [0.5, 0.6) is 0 Å². The average Bonchev–Trinajstić information content (AvgIpc) is 3.28. The Morgan fingerprint density at radius 2 is 2.00 bits per heavy atom. The Bertz CT molecular complexity index is 899. The third-order valence-electron chi connectivity index (χ3n) is 10.0. The molecule has 4 aliphatic rings. The van der Waals surface area contributed by atoms with E-state index < -0.39 is 5.60 Å². The molecule has 4 aliphatic carbocycles. The Labute approximate surface area is 186 Å². The number of nitrogens with zero attached hydrogens (tertiary/aromatic N) is 3. The zero-order chi connectivity index (χ0) is 22.0. The van der Waals surface area contributed by atoms with Crippen LogP contribution in [0, 0.1) is 58.2 Å². The average molecular weight is 424 g/mol. The van der Waals surface area contributed by atoms with Gasteiger partial charge in [0.15, 0.2) is 11.5 Å². The number of nitriles is 1. The first-order valence-electron chi connectivity index (χ1n) is 12.4. The van der Waals surface area contributed by atoms with Crippen LogP contribution >= 0.6 is 0 Å². The second-order valence-electron chi connectivity index (χ2n) is 11.9. The summed E-state index contributed by atoms with van der Waals surface area (Å²) < 4.78 is 1.65. The maximum atomic E-state index is 13.4. The van der Waals surface area contributed by atoms with Crippen LogP contribution in [0.2, 0.25) is 0 Å². The van der Waals surface area contributed by atoms with E-state index >= 15 is 0 Å². The largest absolute Gasteiger partial charge is 0.390 e. The standard InChI is InChI=1S/C26H37N3O2/c1-16-12-22(23(30)15-29-11-8-18(14-27)28-29)26(3)10-7-20-19-6-9-25(2,31)13-17(19)4-5-21(20)24(16)26/h8,11,16-17,19-22,24,31H,4-7,9-10,12-13,15H2,1-3H3/t16-,17?,19+,20-,21-,22-,24+,25-,26-/m1/s1. The molecule has 1 aromatic heterocycles. The fourth-order valence-electron chi connectivity index (χ4n) is 8.90. The van der Waals surface area contributed by atoms with Crippen LogP contribution < -0.4 is 0 Å². The molecular weight excluding hydrogens is 386 g/mol. The summed E-state index contributed by atoms with van der Waals surface area (Å²) in [6, 6.07) is 3.73. The molecule has 0 saturated heterocycles. The summed E-state index contributed by atoms with van der Waals surface area (Å²) in [4.78, 5) is 13.4. The van der Waals surface area contributed by atoms with Crippen molar-refractivity contribution in [3.05, 3.63) is 18.0 Å². The summed E-state index contributed by atoms with van der Waals surface area (Å²) in [6.45, 7) is 7.11. The van der Waals surface area contributed by atoms with Gasteiger partial charge in [-0.1, -0.05) is 13.8 Å². The van der Waals surface area contributed by atoms with E-state index in [4.69, 9.17) is 5.26 Å². The molecule has 0 aromatic carbocycles. The topological polar surface area (TPSA) is 78.9 Å². The van der Waals surface area contributed by atoms with Crippen LogP contribution in [-0.2, 0) is 11.3 Å². The summed E-state index contributed by atoms with van der Waals surface area (Å²) >= 11 is 0. The van der Waals surface area contributed by atoms with Crippen LogP contribution in [0.1, 0.15) is 77.8 Å². The zero-order valence-electron chi connectivity index (χ0n) is 19.3. The fraction of sp³-hybridized carbons (Fsp3) is 0.808. The molecule has 5 heteroatoms. The van der Waals surface area contributed by atoms with Crippen LogP contribution in [0.15, 0.2) is 12.3 Å². The Morgan fingerprint density at radius 1 is 1.23 bits per heavy atom. The highest BCUT2D eigenvalue weighted by Crippen LogP contribution is 2.66. The van der Waals surface area contributed by atoms with Gasteiger partial charge in [0.05, 0.1) is 12.1 Å². The van der Waals surface area contributed by atoms with Crippen molar-refractivity contribution >= 4 is 5.78 Å². The molecule has 0 aliphatic heterocycles. The van der Waals surface area contributed by atoms with E-state index in [2.05, 4.69) is 18.9 Å². The minimum absolute atomic E-state index is 0.0931. The van der Waals surface area contributed by atoms with E-state index in [0.717, 1.165) is 43.4 Å². The van der Waals surface area contributed by atoms with Gasteiger partial charge in [0.2, 0.25) is 0 Å². The molecular formula is C26H37N3O2. The lowest BCUT2D eigenvalue weighted by atomic mass is 9.48. The van der Waals surface area contributed by atoms with Crippen molar-refractivity contribution in [3.63, 3.8) is 0 Å². The van der Waals surface area contributed by atoms with Gasteiger partial charge in [-0.15, -0.1) is 0 Å². The number of hydrogen-bond acceptors (Lipinski definition) is 4. The highest BCUT2D eigenvalue weighted by molar-refractivity contribution is 5.82. The number of carbonyl (C=O) groups excluding carboxylic acids is 1. The number of aromatic nitrogens is 2. The zero-order valence-corrected chi connectivity index (χ0v) is 19.3. The molecule has 0 bridgehead atoms. The van der Waals surface area contributed by atoms with E-state index in [0.29, 0.717) is 29.2 Å². The predicted octanol–water partition coefficient (Wildman–Crippen LogP) is 4.59. The normalized spacial score (nSPS) is 46.5. The predicted molar refractivity (Wildman–Crippen MR) is 118 cm³/mol. The van der Waals surface area contributed by atoms with Crippen molar-refractivity contribution in [2.45, 2.75) is 84.3 Å². The number of aliphatic hydroxyl groups is 1. The van der Waals surface area contributed by atoms with Crippen molar-refractivity contribution in [2.75, 3.05) is 0 Å². The summed E-state index contributed by atoms with van der Waals surface area (Å²) in [7, 11) is 0. The molecule has 5 rings (SSSR count). The molecule has 4 saturated carbocycles. The van der Waals surface area contributed by atoms with Gasteiger partial charge in [0.25, 0.3) is 0 Å². The van der Waals surface area contributed by atoms with Crippen LogP contribution in [0.25, 0.3) is 0 Å². The molecule has 31 heavy (non-hydrogen) atoms. The Hall–Kier alpha value is -1.67. The van der Waals surface area contributed by atoms with E-state index in [-0.39, 0.29) is 17.9 Å². The molecule has 1 aromatic rings. The van der Waals surface area contributed by atoms with Crippen LogP contribution in [0.3, 0.4) is 0 Å². The number of fused-ring (bicyclic) bond motifs is 5. The molecule has 1 N–H and O–H groups in total. The lowest BCUT2D eigenvalue weighted by Gasteiger charge is -2.57. The first-order valence-corrected chi connectivity index (χ1v) is 12.4. The first-order chi connectivity index (χ1) is 14.7. The third kappa shape index (κ3) is 3.46. The molecule has 1 unspecified atom stereocenters. The number of rotatable bonds is 3. The second-order valence-corrected chi connectivity index (χ2v) is 11.9. The van der Waals surface area contributed by atoms with Crippen molar-refractivity contribution in [1.29, 1.82) is 5.26 Å². The van der Waals surface area contributed by atoms with Gasteiger partial charge in [0, 0.05) is 12.1 Å². The molecule has 9 atom stereocenters. The number of ketones is 1. The number of Topliss-reactive ketones (excluding diaryl/α,β-unsaturated/α-hetero) is 1. The second kappa shape index (κ2) is 7.44. The molecule has 168 valence electrons. The summed E-state index contributed by atoms with van der Waals surface area (Å²) in [5, 5.41) is 23.9. The smallest absolute Gasteiger partial charge is 0.162 e. The van der Waals surface area contributed by atoms with Gasteiger partial charge in [-0.25, -0.2) is 0 Å². The molecule has 0 radical (unpaired) electrons. The molecule has 0 spiro atoms. The molecule has 0 amide bonds. The van der Waals surface area contributed by atoms with Crippen molar-refractivity contribution in [2.24, 2.45) is 46.8 Å². The lowest BCUT2D eigenvalue weighted by molar-refractivity contribution is -0.133. The van der Waals surface area contributed by atoms with E-state index in [1.807, 2.05) is 13.0 Å². The Morgan fingerprint density at radius 3 is 2.74 bits per heavy atom. The Kier molecular flexibility index (Phi) is 5.09. The third-order valence-corrected chi connectivity index (χ3v) is 10.0. The van der Waals surface area contributed by atoms with Gasteiger partial charge in [-0.3, -0.25) is 9.48 Å².